The molecule has 0 bridgehead atoms. The van der Waals surface area contributed by atoms with Crippen LogP contribution in [0.15, 0.2) is 24.3 Å². The van der Waals surface area contributed by atoms with E-state index < -0.39 is 0 Å². The Balaban J connectivity index is 1.50. The quantitative estimate of drug-likeness (QED) is 0.915. The smallest absolute Gasteiger partial charge is 0.268 e. The van der Waals surface area contributed by atoms with Crippen molar-refractivity contribution in [3.63, 3.8) is 0 Å². The van der Waals surface area contributed by atoms with Crippen LogP contribution in [0.25, 0.3) is 10.9 Å². The Kier molecular flexibility index (Phi) is 3.83. The second-order valence-corrected chi connectivity index (χ2v) is 7.22. The summed E-state index contributed by atoms with van der Waals surface area (Å²) in [4.78, 5) is 12.7. The minimum Gasteiger partial charge on any atom is -0.373 e. The molecule has 4 rings (SSSR count). The predicted molar refractivity (Wildman–Crippen MR) is 90.5 cm³/mol. The topological polar surface area (TPSA) is 43.3 Å². The number of hydrogen-bond donors (Lipinski definition) is 1. The highest BCUT2D eigenvalue weighted by Crippen LogP contribution is 2.39. The van der Waals surface area contributed by atoms with Crippen LogP contribution in [0.3, 0.4) is 0 Å². The Labute approximate surface area is 141 Å². The largest absolute Gasteiger partial charge is 0.373 e. The summed E-state index contributed by atoms with van der Waals surface area (Å²) < 4.78 is 21.3. The van der Waals surface area contributed by atoms with Crippen LogP contribution >= 0.6 is 0 Å². The number of ether oxygens (including phenoxy) is 1. The van der Waals surface area contributed by atoms with Crippen LogP contribution in [-0.4, -0.2) is 28.7 Å². The van der Waals surface area contributed by atoms with Crippen LogP contribution in [-0.2, 0) is 11.8 Å². The zero-order valence-corrected chi connectivity index (χ0v) is 14.0. The molecule has 1 N–H and O–H groups in total. The molecule has 1 atom stereocenters. The number of halogens is 1. The van der Waals surface area contributed by atoms with E-state index in [0.717, 1.165) is 30.2 Å². The van der Waals surface area contributed by atoms with Crippen LogP contribution < -0.4 is 5.32 Å². The van der Waals surface area contributed by atoms with Gasteiger partial charge in [0.2, 0.25) is 0 Å². The molecule has 24 heavy (non-hydrogen) atoms. The van der Waals surface area contributed by atoms with E-state index >= 15 is 0 Å². The normalized spacial score (nSPS) is 23.0. The molecule has 1 aromatic heterocycles. The molecule has 2 fully saturated rings. The fraction of sp³-hybridized carbons (Fsp3) is 0.526. The van der Waals surface area contributed by atoms with Gasteiger partial charge in [-0.25, -0.2) is 4.39 Å². The number of aromatic nitrogens is 1. The molecule has 1 aromatic carbocycles. The molecule has 4 nitrogen and oxygen atoms in total. The summed E-state index contributed by atoms with van der Waals surface area (Å²) in [6.45, 7) is 0.588. The van der Waals surface area contributed by atoms with Crippen molar-refractivity contribution in [2.75, 3.05) is 6.61 Å². The number of hydrogen-bond acceptors (Lipinski definition) is 2. The third-order valence-corrected chi connectivity index (χ3v) is 5.55. The summed E-state index contributed by atoms with van der Waals surface area (Å²) in [6, 6.07) is 6.39. The molecule has 5 heteroatoms. The van der Waals surface area contributed by atoms with Crippen molar-refractivity contribution in [2.45, 2.75) is 50.2 Å². The standard InChI is InChI=1S/C19H23FN2O2/c1-22-16-6-5-14(20)9-13(16)10-17(22)18(23)21-15-11-19(24-12-15)7-3-2-4-8-19/h5-6,9-10,15H,2-4,7-8,11-12H2,1H3,(H,21,23)/t15-/m1/s1. The van der Waals surface area contributed by atoms with E-state index in [2.05, 4.69) is 5.32 Å². The van der Waals surface area contributed by atoms with Gasteiger partial charge in [-0.15, -0.1) is 0 Å². The Morgan fingerprint density at radius 2 is 2.08 bits per heavy atom. The van der Waals surface area contributed by atoms with Crippen LogP contribution in [0, 0.1) is 5.82 Å². The SMILES string of the molecule is Cn1c(C(=O)N[C@H]2COC3(CCCCC3)C2)cc2cc(F)ccc21. The molecule has 1 spiro atoms. The maximum Gasteiger partial charge on any atom is 0.268 e. The first-order valence-corrected chi connectivity index (χ1v) is 8.76. The lowest BCUT2D eigenvalue weighted by Crippen LogP contribution is -2.38. The van der Waals surface area contributed by atoms with Gasteiger partial charge in [0.15, 0.2) is 0 Å². The van der Waals surface area contributed by atoms with Crippen molar-refractivity contribution in [2.24, 2.45) is 7.05 Å². The number of benzene rings is 1. The van der Waals surface area contributed by atoms with Crippen molar-refractivity contribution in [3.05, 3.63) is 35.8 Å². The van der Waals surface area contributed by atoms with E-state index in [9.17, 15) is 9.18 Å². The molecule has 2 aromatic rings. The second kappa shape index (κ2) is 5.88. The highest BCUT2D eigenvalue weighted by molar-refractivity contribution is 5.98. The van der Waals surface area contributed by atoms with Gasteiger partial charge in [0.25, 0.3) is 5.91 Å². The van der Waals surface area contributed by atoms with Crippen molar-refractivity contribution in [1.29, 1.82) is 0 Å². The van der Waals surface area contributed by atoms with Crippen LogP contribution in [0.4, 0.5) is 4.39 Å². The van der Waals surface area contributed by atoms with Crippen molar-refractivity contribution in [1.82, 2.24) is 9.88 Å². The van der Waals surface area contributed by atoms with Gasteiger partial charge >= 0.3 is 0 Å². The van der Waals surface area contributed by atoms with Gasteiger partial charge in [-0.05, 0) is 43.5 Å². The fourth-order valence-electron chi connectivity index (χ4n) is 4.28. The van der Waals surface area contributed by atoms with Crippen LogP contribution in [0.1, 0.15) is 49.0 Å². The van der Waals surface area contributed by atoms with E-state index in [0.29, 0.717) is 12.3 Å². The number of nitrogens with zero attached hydrogens (tertiary/aromatic N) is 1. The summed E-state index contributed by atoms with van der Waals surface area (Å²) in [5.41, 5.74) is 1.39. The molecule has 1 saturated carbocycles. The maximum atomic E-state index is 13.4. The average Bonchev–Trinajstić information content (AvgIpc) is 3.09. The molecule has 0 radical (unpaired) electrons. The first kappa shape index (κ1) is 15.6. The van der Waals surface area contributed by atoms with Crippen molar-refractivity contribution < 1.29 is 13.9 Å². The van der Waals surface area contributed by atoms with E-state index in [1.165, 1.54) is 31.4 Å². The summed E-state index contributed by atoms with van der Waals surface area (Å²) in [5, 5.41) is 3.85. The molecule has 1 aliphatic heterocycles. The van der Waals surface area contributed by atoms with Gasteiger partial charge < -0.3 is 14.6 Å². The minimum atomic E-state index is -0.288. The average molecular weight is 330 g/mol. The molecule has 0 unspecified atom stereocenters. The molecular weight excluding hydrogens is 307 g/mol. The lowest BCUT2D eigenvalue weighted by molar-refractivity contribution is -0.0246. The monoisotopic (exact) mass is 330 g/mol. The number of amides is 1. The van der Waals surface area contributed by atoms with Crippen molar-refractivity contribution in [3.8, 4) is 0 Å². The molecule has 1 saturated heterocycles. The van der Waals surface area contributed by atoms with E-state index in [4.69, 9.17) is 4.74 Å². The molecular formula is C19H23FN2O2. The molecule has 2 aliphatic rings. The number of carbonyl (C=O) groups is 1. The Bertz CT molecular complexity index is 777. The van der Waals surface area contributed by atoms with Crippen LogP contribution in [0.2, 0.25) is 0 Å². The summed E-state index contributed by atoms with van der Waals surface area (Å²) in [6.07, 6.45) is 6.83. The zero-order valence-electron chi connectivity index (χ0n) is 14.0. The van der Waals surface area contributed by atoms with Gasteiger partial charge in [0.05, 0.1) is 18.2 Å². The van der Waals surface area contributed by atoms with Gasteiger partial charge in [-0.1, -0.05) is 19.3 Å². The maximum absolute atomic E-state index is 13.4. The number of fused-ring (bicyclic) bond motifs is 1. The Morgan fingerprint density at radius 1 is 1.29 bits per heavy atom. The third-order valence-electron chi connectivity index (χ3n) is 5.55. The van der Waals surface area contributed by atoms with Crippen LogP contribution in [0.5, 0.6) is 0 Å². The fourth-order valence-corrected chi connectivity index (χ4v) is 4.28. The minimum absolute atomic E-state index is 0.0156. The number of aryl methyl sites for hydroxylation is 1. The molecule has 1 amide bonds. The summed E-state index contributed by atoms with van der Waals surface area (Å²) in [7, 11) is 1.84. The first-order valence-electron chi connectivity index (χ1n) is 8.76. The molecule has 1 aliphatic carbocycles. The van der Waals surface area contributed by atoms with E-state index in [-0.39, 0.29) is 23.4 Å². The Hall–Kier alpha value is -1.88. The van der Waals surface area contributed by atoms with E-state index in [1.54, 1.807) is 12.1 Å². The van der Waals surface area contributed by atoms with Gasteiger partial charge in [-0.3, -0.25) is 4.79 Å². The highest BCUT2D eigenvalue weighted by atomic mass is 19.1. The second-order valence-electron chi connectivity index (χ2n) is 7.22. The predicted octanol–water partition coefficient (Wildman–Crippen LogP) is 3.54. The number of rotatable bonds is 2. The first-order chi connectivity index (χ1) is 11.6. The Morgan fingerprint density at radius 3 is 2.88 bits per heavy atom. The van der Waals surface area contributed by atoms with Crippen molar-refractivity contribution >= 4 is 16.8 Å². The summed E-state index contributed by atoms with van der Waals surface area (Å²) >= 11 is 0. The van der Waals surface area contributed by atoms with Gasteiger partial charge in [-0.2, -0.15) is 0 Å². The lowest BCUT2D eigenvalue weighted by atomic mass is 9.82. The lowest BCUT2D eigenvalue weighted by Gasteiger charge is -2.32. The van der Waals surface area contributed by atoms with Gasteiger partial charge in [0.1, 0.15) is 11.5 Å². The zero-order chi connectivity index (χ0) is 16.7. The van der Waals surface area contributed by atoms with Gasteiger partial charge in [0, 0.05) is 18.0 Å². The molecule has 2 heterocycles. The highest BCUT2D eigenvalue weighted by Gasteiger charge is 2.41. The third kappa shape index (κ3) is 2.71. The number of nitrogens with one attached hydrogen (secondary N) is 1. The molecule has 128 valence electrons. The van der Waals surface area contributed by atoms with E-state index in [1.807, 2.05) is 11.6 Å². The number of carbonyl (C=O) groups excluding carboxylic acids is 1. The summed E-state index contributed by atoms with van der Waals surface area (Å²) in [5.74, 6) is -0.404.